The van der Waals surface area contributed by atoms with Gasteiger partial charge in [0.2, 0.25) is 5.91 Å². The first kappa shape index (κ1) is 21.6. The summed E-state index contributed by atoms with van der Waals surface area (Å²) in [7, 11) is -3.14. The summed E-state index contributed by atoms with van der Waals surface area (Å²) in [5, 5.41) is 9.03. The van der Waals surface area contributed by atoms with Crippen molar-refractivity contribution in [2.45, 2.75) is 38.0 Å². The first-order valence-electron chi connectivity index (χ1n) is 9.58. The van der Waals surface area contributed by atoms with Crippen molar-refractivity contribution in [2.75, 3.05) is 34.4 Å². The number of nitrogens with zero attached hydrogens (tertiary/aromatic N) is 3. The molecule has 0 aliphatic carbocycles. The molecule has 10 heteroatoms. The lowest BCUT2D eigenvalue weighted by Gasteiger charge is -2.26. The van der Waals surface area contributed by atoms with Gasteiger partial charge in [0.15, 0.2) is 15.0 Å². The van der Waals surface area contributed by atoms with E-state index in [2.05, 4.69) is 23.7 Å². The third kappa shape index (κ3) is 4.92. The summed E-state index contributed by atoms with van der Waals surface area (Å²) in [6.07, 6.45) is -0.457. The number of hydrogen-bond donors (Lipinski definition) is 1. The van der Waals surface area contributed by atoms with E-state index in [-0.39, 0.29) is 35.6 Å². The van der Waals surface area contributed by atoms with E-state index in [1.807, 2.05) is 29.2 Å². The molecule has 0 aromatic heterocycles. The zero-order valence-corrected chi connectivity index (χ0v) is 18.1. The summed E-state index contributed by atoms with van der Waals surface area (Å²) in [5.74, 6) is -1.49. The molecule has 0 saturated carbocycles. The summed E-state index contributed by atoms with van der Waals surface area (Å²) < 4.78 is 24.3. The van der Waals surface area contributed by atoms with Crippen molar-refractivity contribution >= 4 is 50.0 Å². The van der Waals surface area contributed by atoms with Gasteiger partial charge in [-0.3, -0.25) is 9.59 Å². The van der Waals surface area contributed by atoms with Crippen molar-refractivity contribution in [1.82, 2.24) is 0 Å². The number of sulfone groups is 1. The number of hydrogen-bond acceptors (Lipinski definition) is 6. The maximum absolute atomic E-state index is 12.1. The molecule has 29 heavy (non-hydrogen) atoms. The summed E-state index contributed by atoms with van der Waals surface area (Å²) in [6, 6.07) is 7.51. The van der Waals surface area contributed by atoms with Crippen molar-refractivity contribution in [1.29, 1.82) is 0 Å². The van der Waals surface area contributed by atoms with E-state index in [0.29, 0.717) is 5.17 Å². The Morgan fingerprint density at radius 2 is 1.83 bits per heavy atom. The molecular formula is C19H25N3O5S2. The van der Waals surface area contributed by atoms with Crippen LogP contribution >= 0.6 is 11.8 Å². The number of benzene rings is 1. The number of carboxylic acids is 1. The molecule has 1 amide bonds. The molecule has 2 aliphatic rings. The predicted octanol–water partition coefficient (Wildman–Crippen LogP) is 2.00. The second kappa shape index (κ2) is 8.74. The van der Waals surface area contributed by atoms with Gasteiger partial charge in [-0.15, -0.1) is 0 Å². The van der Waals surface area contributed by atoms with E-state index in [4.69, 9.17) is 5.11 Å². The monoisotopic (exact) mass is 439 g/mol. The van der Waals surface area contributed by atoms with Gasteiger partial charge in [-0.05, 0) is 38.1 Å². The minimum absolute atomic E-state index is 0.0187. The molecule has 2 aliphatic heterocycles. The molecule has 0 unspecified atom stereocenters. The van der Waals surface area contributed by atoms with E-state index in [9.17, 15) is 18.0 Å². The van der Waals surface area contributed by atoms with Crippen LogP contribution in [0.5, 0.6) is 0 Å². The van der Waals surface area contributed by atoms with Gasteiger partial charge in [0.05, 0.1) is 24.0 Å². The van der Waals surface area contributed by atoms with E-state index in [1.165, 1.54) is 11.8 Å². The minimum atomic E-state index is -3.14. The van der Waals surface area contributed by atoms with Gasteiger partial charge in [0.25, 0.3) is 0 Å². The van der Waals surface area contributed by atoms with Gasteiger partial charge in [-0.2, -0.15) is 4.99 Å². The van der Waals surface area contributed by atoms with Gasteiger partial charge in [0, 0.05) is 36.1 Å². The molecule has 1 aromatic carbocycles. The first-order valence-corrected chi connectivity index (χ1v) is 12.3. The topological polar surface area (TPSA) is 107 Å². The van der Waals surface area contributed by atoms with Crippen LogP contribution in [0.4, 0.5) is 11.4 Å². The van der Waals surface area contributed by atoms with Gasteiger partial charge in [-0.25, -0.2) is 8.42 Å². The van der Waals surface area contributed by atoms with Crippen molar-refractivity contribution in [2.24, 2.45) is 4.99 Å². The standard InChI is InChI=1S/C19H25N3O5S2/c1-3-21(4-2)13-5-7-14(8-6-13)22-15-11-29(26,27)12-16(15)28-19(22)20-17(23)9-10-18(24)25/h5-8,15-16H,3-4,9-12H2,1-2H3,(H,24,25)/t15-,16+/m0/s1. The van der Waals surface area contributed by atoms with Gasteiger partial charge in [-0.1, -0.05) is 11.8 Å². The number of rotatable bonds is 7. The second-order valence-corrected chi connectivity index (χ2v) is 10.4. The second-order valence-electron chi connectivity index (χ2n) is 7.04. The molecule has 1 N–H and O–H groups in total. The smallest absolute Gasteiger partial charge is 0.303 e. The predicted molar refractivity (Wildman–Crippen MR) is 116 cm³/mol. The molecule has 8 nitrogen and oxygen atoms in total. The quantitative estimate of drug-likeness (QED) is 0.687. The number of carboxylic acid groups (broad SMARTS) is 1. The highest BCUT2D eigenvalue weighted by Crippen LogP contribution is 2.41. The maximum Gasteiger partial charge on any atom is 0.303 e. The number of anilines is 2. The summed E-state index contributed by atoms with van der Waals surface area (Å²) in [6.45, 7) is 5.91. The number of fused-ring (bicyclic) bond motifs is 1. The lowest BCUT2D eigenvalue weighted by molar-refractivity contribution is -0.138. The Morgan fingerprint density at radius 3 is 2.41 bits per heavy atom. The third-order valence-electron chi connectivity index (χ3n) is 5.10. The number of amides is 1. The fraction of sp³-hybridized carbons (Fsp3) is 0.526. The molecule has 3 rings (SSSR count). The Labute approximate surface area is 174 Å². The zero-order valence-electron chi connectivity index (χ0n) is 16.4. The minimum Gasteiger partial charge on any atom is -0.481 e. The average molecular weight is 440 g/mol. The van der Waals surface area contributed by atoms with Crippen LogP contribution in [0.25, 0.3) is 0 Å². The van der Waals surface area contributed by atoms with Crippen molar-refractivity contribution in [3.8, 4) is 0 Å². The van der Waals surface area contributed by atoms with Gasteiger partial charge in [0.1, 0.15) is 0 Å². The number of amidine groups is 1. The molecule has 2 fully saturated rings. The van der Waals surface area contributed by atoms with Gasteiger partial charge >= 0.3 is 5.97 Å². The Kier molecular flexibility index (Phi) is 6.52. The van der Waals surface area contributed by atoms with E-state index in [1.54, 1.807) is 0 Å². The lowest BCUT2D eigenvalue weighted by Crippen LogP contribution is -2.37. The van der Waals surface area contributed by atoms with Crippen LogP contribution in [-0.4, -0.2) is 66.5 Å². The molecule has 1 aromatic rings. The lowest BCUT2D eigenvalue weighted by atomic mass is 10.2. The largest absolute Gasteiger partial charge is 0.481 e. The van der Waals surface area contributed by atoms with Crippen LogP contribution in [0.3, 0.4) is 0 Å². The third-order valence-corrected chi connectivity index (χ3v) is 8.31. The van der Waals surface area contributed by atoms with Crippen LogP contribution in [0.1, 0.15) is 26.7 Å². The molecule has 0 radical (unpaired) electrons. The Morgan fingerprint density at radius 1 is 1.17 bits per heavy atom. The normalized spacial score (nSPS) is 23.9. The van der Waals surface area contributed by atoms with E-state index < -0.39 is 21.7 Å². The number of thioether (sulfide) groups is 1. The van der Waals surface area contributed by atoms with Crippen molar-refractivity contribution in [3.05, 3.63) is 24.3 Å². The van der Waals surface area contributed by atoms with Crippen molar-refractivity contribution in [3.63, 3.8) is 0 Å². The molecule has 158 valence electrons. The van der Waals surface area contributed by atoms with E-state index >= 15 is 0 Å². The van der Waals surface area contributed by atoms with Crippen LogP contribution in [0, 0.1) is 0 Å². The highest BCUT2D eigenvalue weighted by Gasteiger charge is 2.49. The first-order chi connectivity index (χ1) is 13.7. The zero-order chi connectivity index (χ0) is 21.2. The molecule has 2 heterocycles. The van der Waals surface area contributed by atoms with Crippen LogP contribution < -0.4 is 9.80 Å². The molecule has 2 saturated heterocycles. The molecule has 0 bridgehead atoms. The number of carbonyl (C=O) groups is 2. The average Bonchev–Trinajstić information content (AvgIpc) is 3.12. The summed E-state index contributed by atoms with van der Waals surface area (Å²) in [5.41, 5.74) is 1.85. The van der Waals surface area contributed by atoms with E-state index in [0.717, 1.165) is 24.5 Å². The number of aliphatic carboxylic acids is 1. The molecule has 0 spiro atoms. The summed E-state index contributed by atoms with van der Waals surface area (Å²) >= 11 is 1.29. The van der Waals surface area contributed by atoms with Crippen LogP contribution in [-0.2, 0) is 19.4 Å². The fourth-order valence-electron chi connectivity index (χ4n) is 3.66. The molecule has 2 atom stereocenters. The highest BCUT2D eigenvalue weighted by atomic mass is 32.2. The Hall–Kier alpha value is -2.07. The van der Waals surface area contributed by atoms with Gasteiger partial charge < -0.3 is 14.9 Å². The highest BCUT2D eigenvalue weighted by molar-refractivity contribution is 8.16. The number of aliphatic imine (C=N–C) groups is 1. The fourth-order valence-corrected chi connectivity index (χ4v) is 7.59. The SMILES string of the molecule is CCN(CC)c1ccc(N2C(=NC(=O)CCC(=O)O)S[C@@H]3CS(=O)(=O)C[C@@H]32)cc1. The van der Waals surface area contributed by atoms with Crippen molar-refractivity contribution < 1.29 is 23.1 Å². The van der Waals surface area contributed by atoms with Crippen LogP contribution in [0.2, 0.25) is 0 Å². The number of carbonyl (C=O) groups excluding carboxylic acids is 1. The Balaban J connectivity index is 1.90. The maximum atomic E-state index is 12.1. The molecular weight excluding hydrogens is 414 g/mol. The van der Waals surface area contributed by atoms with Crippen LogP contribution in [0.15, 0.2) is 29.3 Å². The Bertz CT molecular complexity index is 910. The summed E-state index contributed by atoms with van der Waals surface area (Å²) in [4.78, 5) is 31.0.